The van der Waals surface area contributed by atoms with Crippen LogP contribution in [0.25, 0.3) is 10.8 Å². The lowest BCUT2D eigenvalue weighted by atomic mass is 10.0. The number of Topliss-reactive ketones (excluding diaryl/α,β-unsaturated/α-hetero) is 1. The highest BCUT2D eigenvalue weighted by Gasteiger charge is 2.08. The first-order valence-electron chi connectivity index (χ1n) is 6.03. The van der Waals surface area contributed by atoms with Gasteiger partial charge >= 0.3 is 0 Å². The van der Waals surface area contributed by atoms with Gasteiger partial charge in [-0.1, -0.05) is 36.4 Å². The van der Waals surface area contributed by atoms with Gasteiger partial charge in [-0.15, -0.1) is 0 Å². The number of nitrogens with two attached hydrogens (primary N) is 1. The fourth-order valence-corrected chi connectivity index (χ4v) is 2.07. The van der Waals surface area contributed by atoms with E-state index in [0.717, 1.165) is 10.8 Å². The van der Waals surface area contributed by atoms with Gasteiger partial charge in [-0.05, 0) is 22.9 Å². The number of nitrogen functional groups attached to an aromatic ring is 1. The van der Waals surface area contributed by atoms with Crippen LogP contribution in [0.15, 0.2) is 54.7 Å². The fraction of sp³-hybridized carbons (Fsp3) is 0.0667. The second-order valence-corrected chi connectivity index (χ2v) is 4.42. The Bertz CT molecular complexity index is 746. The summed E-state index contributed by atoms with van der Waals surface area (Å²) in [5.41, 5.74) is 6.21. The molecule has 0 unspecified atom stereocenters. The molecule has 0 spiro atoms. The molecule has 19 heavy (non-hydrogen) atoms. The molecule has 0 aliphatic heterocycles. The van der Waals surface area contributed by atoms with Crippen molar-refractivity contribution < 1.29 is 4.79 Å². The summed E-state index contributed by atoms with van der Waals surface area (Å²) in [5.74, 6) is 0.445. The molecule has 0 aliphatic rings. The average Bonchev–Trinajstić information content (AvgIpc) is 2.83. The van der Waals surface area contributed by atoms with Gasteiger partial charge in [-0.2, -0.15) is 5.10 Å². The van der Waals surface area contributed by atoms with E-state index in [1.807, 2.05) is 42.5 Å². The van der Waals surface area contributed by atoms with Crippen LogP contribution in [0.5, 0.6) is 0 Å². The van der Waals surface area contributed by atoms with Gasteiger partial charge in [0.1, 0.15) is 12.4 Å². The van der Waals surface area contributed by atoms with E-state index < -0.39 is 0 Å². The molecule has 0 saturated carbocycles. The zero-order valence-corrected chi connectivity index (χ0v) is 10.3. The van der Waals surface area contributed by atoms with Crippen LogP contribution in [0.4, 0.5) is 5.82 Å². The molecule has 0 amide bonds. The van der Waals surface area contributed by atoms with Gasteiger partial charge in [-0.3, -0.25) is 9.48 Å². The van der Waals surface area contributed by atoms with Crippen LogP contribution in [0.1, 0.15) is 10.4 Å². The largest absolute Gasteiger partial charge is 0.382 e. The standard InChI is InChI=1S/C15H13N3O/c16-15-7-8-18(17-15)10-14(19)13-6-5-11-3-1-2-4-12(11)9-13/h1-9H,10H2,(H2,16,17). The van der Waals surface area contributed by atoms with Crippen molar-refractivity contribution in [2.75, 3.05) is 5.73 Å². The van der Waals surface area contributed by atoms with Crippen LogP contribution in [0.3, 0.4) is 0 Å². The van der Waals surface area contributed by atoms with Crippen molar-refractivity contribution in [2.45, 2.75) is 6.54 Å². The summed E-state index contributed by atoms with van der Waals surface area (Å²) in [6.07, 6.45) is 1.70. The first-order valence-corrected chi connectivity index (χ1v) is 6.03. The van der Waals surface area contributed by atoms with E-state index in [-0.39, 0.29) is 12.3 Å². The lowest BCUT2D eigenvalue weighted by Crippen LogP contribution is -2.11. The minimum Gasteiger partial charge on any atom is -0.382 e. The Balaban J connectivity index is 1.89. The summed E-state index contributed by atoms with van der Waals surface area (Å²) < 4.78 is 1.55. The van der Waals surface area contributed by atoms with E-state index in [2.05, 4.69) is 5.10 Å². The second kappa shape index (κ2) is 4.57. The Hall–Kier alpha value is -2.62. The van der Waals surface area contributed by atoms with E-state index in [4.69, 9.17) is 5.73 Å². The Morgan fingerprint density at radius 3 is 2.63 bits per heavy atom. The van der Waals surface area contributed by atoms with Crippen LogP contribution < -0.4 is 5.73 Å². The van der Waals surface area contributed by atoms with Crippen molar-refractivity contribution in [1.29, 1.82) is 0 Å². The van der Waals surface area contributed by atoms with Crippen LogP contribution in [0, 0.1) is 0 Å². The fourth-order valence-electron chi connectivity index (χ4n) is 2.07. The predicted molar refractivity (Wildman–Crippen MR) is 74.9 cm³/mol. The Morgan fingerprint density at radius 2 is 1.89 bits per heavy atom. The SMILES string of the molecule is Nc1ccn(CC(=O)c2ccc3ccccc3c2)n1. The van der Waals surface area contributed by atoms with Gasteiger partial charge < -0.3 is 5.73 Å². The first kappa shape index (κ1) is 11.5. The summed E-state index contributed by atoms with van der Waals surface area (Å²) >= 11 is 0. The maximum absolute atomic E-state index is 12.2. The Labute approximate surface area is 110 Å². The molecule has 0 radical (unpaired) electrons. The van der Waals surface area contributed by atoms with Gasteiger partial charge in [-0.25, -0.2) is 0 Å². The number of rotatable bonds is 3. The summed E-state index contributed by atoms with van der Waals surface area (Å²) in [7, 11) is 0. The molecular formula is C15H13N3O. The minimum atomic E-state index is 0.0221. The van der Waals surface area contributed by atoms with Crippen molar-refractivity contribution >= 4 is 22.4 Å². The van der Waals surface area contributed by atoms with Crippen molar-refractivity contribution in [2.24, 2.45) is 0 Å². The molecule has 94 valence electrons. The van der Waals surface area contributed by atoms with E-state index in [0.29, 0.717) is 11.4 Å². The third-order valence-corrected chi connectivity index (χ3v) is 3.04. The lowest BCUT2D eigenvalue weighted by Gasteiger charge is -2.03. The maximum atomic E-state index is 12.2. The summed E-state index contributed by atoms with van der Waals surface area (Å²) in [5, 5.41) is 6.20. The van der Waals surface area contributed by atoms with Crippen LogP contribution in [0.2, 0.25) is 0 Å². The molecule has 0 aliphatic carbocycles. The smallest absolute Gasteiger partial charge is 0.184 e. The molecule has 1 aromatic heterocycles. The zero-order chi connectivity index (χ0) is 13.2. The lowest BCUT2D eigenvalue weighted by molar-refractivity contribution is 0.0968. The van der Waals surface area contributed by atoms with Gasteiger partial charge in [0.2, 0.25) is 0 Å². The number of hydrogen-bond donors (Lipinski definition) is 1. The summed E-state index contributed by atoms with van der Waals surface area (Å²) in [6.45, 7) is 0.204. The Morgan fingerprint density at radius 1 is 1.11 bits per heavy atom. The highest BCUT2D eigenvalue weighted by atomic mass is 16.1. The second-order valence-electron chi connectivity index (χ2n) is 4.42. The number of aromatic nitrogens is 2. The van der Waals surface area contributed by atoms with Gasteiger partial charge in [0.25, 0.3) is 0 Å². The number of fused-ring (bicyclic) bond motifs is 1. The average molecular weight is 251 g/mol. The molecule has 0 saturated heterocycles. The first-order chi connectivity index (χ1) is 9.22. The van der Waals surface area contributed by atoms with Crippen molar-refractivity contribution in [3.05, 3.63) is 60.3 Å². The molecule has 4 heteroatoms. The zero-order valence-electron chi connectivity index (χ0n) is 10.3. The molecule has 3 aromatic rings. The van der Waals surface area contributed by atoms with Crippen LogP contribution >= 0.6 is 0 Å². The van der Waals surface area contributed by atoms with E-state index >= 15 is 0 Å². The predicted octanol–water partition coefficient (Wildman–Crippen LogP) is 2.50. The number of nitrogens with zero attached hydrogens (tertiary/aromatic N) is 2. The molecule has 1 heterocycles. The maximum Gasteiger partial charge on any atom is 0.184 e. The van der Waals surface area contributed by atoms with Crippen LogP contribution in [-0.4, -0.2) is 15.6 Å². The number of hydrogen-bond acceptors (Lipinski definition) is 3. The third kappa shape index (κ3) is 2.33. The number of ketones is 1. The molecule has 3 rings (SSSR count). The molecule has 4 nitrogen and oxygen atoms in total. The molecular weight excluding hydrogens is 238 g/mol. The molecule has 0 fully saturated rings. The monoisotopic (exact) mass is 251 g/mol. The minimum absolute atomic E-state index is 0.0221. The number of carbonyl (C=O) groups excluding carboxylic acids is 1. The number of benzene rings is 2. The number of anilines is 1. The van der Waals surface area contributed by atoms with E-state index in [9.17, 15) is 4.79 Å². The van der Waals surface area contributed by atoms with Crippen LogP contribution in [-0.2, 0) is 6.54 Å². The summed E-state index contributed by atoms with van der Waals surface area (Å²) in [4.78, 5) is 12.2. The topological polar surface area (TPSA) is 60.9 Å². The number of carbonyl (C=O) groups is 1. The van der Waals surface area contributed by atoms with Gasteiger partial charge in [0.05, 0.1) is 0 Å². The molecule has 2 N–H and O–H groups in total. The quantitative estimate of drug-likeness (QED) is 0.727. The third-order valence-electron chi connectivity index (χ3n) is 3.04. The molecule has 0 bridgehead atoms. The van der Waals surface area contributed by atoms with Crippen molar-refractivity contribution in [3.63, 3.8) is 0 Å². The van der Waals surface area contributed by atoms with Crippen molar-refractivity contribution in [3.8, 4) is 0 Å². The Kier molecular flexibility index (Phi) is 2.76. The van der Waals surface area contributed by atoms with E-state index in [1.165, 1.54) is 0 Å². The molecule has 0 atom stereocenters. The normalized spacial score (nSPS) is 10.7. The summed E-state index contributed by atoms with van der Waals surface area (Å²) in [6, 6.07) is 15.4. The highest BCUT2D eigenvalue weighted by Crippen LogP contribution is 2.16. The van der Waals surface area contributed by atoms with Gasteiger partial charge in [0, 0.05) is 11.8 Å². The van der Waals surface area contributed by atoms with E-state index in [1.54, 1.807) is 16.9 Å². The van der Waals surface area contributed by atoms with Crippen molar-refractivity contribution in [1.82, 2.24) is 9.78 Å². The molecule has 2 aromatic carbocycles. The van der Waals surface area contributed by atoms with Gasteiger partial charge in [0.15, 0.2) is 5.78 Å². The highest BCUT2D eigenvalue weighted by molar-refractivity contribution is 5.99.